The second-order valence-electron chi connectivity index (χ2n) is 21.4. The second-order valence-corrected chi connectivity index (χ2v) is 21.4. The summed E-state index contributed by atoms with van der Waals surface area (Å²) in [4.78, 5) is 53.0. The Morgan fingerprint density at radius 1 is 0.506 bits per heavy atom. The zero-order valence-electron chi connectivity index (χ0n) is 47.5. The minimum Gasteiger partial charge on any atom is -0.494 e. The lowest BCUT2D eigenvalue weighted by Crippen LogP contribution is -2.57. The Kier molecular flexibility index (Phi) is 22.3. The first-order chi connectivity index (χ1) is 39.9. The Morgan fingerprint density at radius 3 is 1.08 bits per heavy atom. The van der Waals surface area contributed by atoms with Crippen molar-refractivity contribution in [2.24, 2.45) is 40.7 Å². The number of carbonyl (C=O) groups excluding carboxylic acids is 2. The molecule has 3 aliphatic rings. The number of amides is 2. The number of rotatable bonds is 11. The lowest BCUT2D eigenvalue weighted by molar-refractivity contribution is -0.174. The summed E-state index contributed by atoms with van der Waals surface area (Å²) >= 11 is 0. The summed E-state index contributed by atoms with van der Waals surface area (Å²) in [6.45, 7) is 10.4. The van der Waals surface area contributed by atoms with Gasteiger partial charge in [0.1, 0.15) is 33.8 Å². The Labute approximate surface area is 484 Å². The third-order valence-corrected chi connectivity index (χ3v) is 14.4. The average Bonchev–Trinajstić information content (AvgIpc) is 2.45. The number of fused-ring (bicyclic) bond motifs is 3. The van der Waals surface area contributed by atoms with Gasteiger partial charge in [-0.25, -0.2) is 0 Å². The molecule has 0 aliphatic carbocycles. The van der Waals surface area contributed by atoms with Crippen molar-refractivity contribution in [2.75, 3.05) is 75.3 Å². The topological polar surface area (TPSA) is 276 Å². The summed E-state index contributed by atoms with van der Waals surface area (Å²) in [5, 5.41) is 15.5. The zero-order valence-corrected chi connectivity index (χ0v) is 47.5. The smallest absolute Gasteiger partial charge is 0.414 e. The molecule has 0 saturated carbocycles. The summed E-state index contributed by atoms with van der Waals surface area (Å²) in [6, 6.07) is 14.7. The van der Waals surface area contributed by atoms with Gasteiger partial charge in [-0.05, 0) is 110 Å². The van der Waals surface area contributed by atoms with Crippen LogP contribution >= 0.6 is 0 Å². The number of carboxylic acid groups (broad SMARTS) is 1. The maximum atomic E-state index is 12.7. The van der Waals surface area contributed by atoms with Gasteiger partial charge in [0.05, 0.1) is 21.3 Å². The molecule has 9 atom stereocenters. The third-order valence-electron chi connectivity index (χ3n) is 14.4. The lowest BCUT2D eigenvalue weighted by Gasteiger charge is -2.39. The van der Waals surface area contributed by atoms with Crippen LogP contribution in [0.5, 0.6) is 17.2 Å². The van der Waals surface area contributed by atoms with E-state index in [1.807, 2.05) is 74.5 Å². The molecule has 3 aromatic carbocycles. The van der Waals surface area contributed by atoms with Crippen molar-refractivity contribution in [3.05, 3.63) is 91.4 Å². The molecule has 464 valence electrons. The number of halogens is 9. The van der Waals surface area contributed by atoms with Gasteiger partial charge in [-0.3, -0.25) is 29.3 Å². The zero-order chi connectivity index (χ0) is 62.7. The van der Waals surface area contributed by atoms with E-state index >= 15 is 0 Å². The Balaban J connectivity index is 0.000000192. The first kappa shape index (κ1) is 66.4. The normalized spacial score (nSPS) is 21.1. The molecule has 3 saturated heterocycles. The van der Waals surface area contributed by atoms with Gasteiger partial charge in [-0.2, -0.15) is 39.5 Å². The molecule has 0 spiro atoms. The van der Waals surface area contributed by atoms with Crippen LogP contribution in [0.3, 0.4) is 0 Å². The van der Waals surface area contributed by atoms with Crippen LogP contribution in [0.25, 0.3) is 32.7 Å². The van der Waals surface area contributed by atoms with Gasteiger partial charge in [0, 0.05) is 109 Å². The predicted octanol–water partition coefficient (Wildman–Crippen LogP) is 7.31. The van der Waals surface area contributed by atoms with E-state index in [2.05, 4.69) is 65.1 Å². The van der Waals surface area contributed by atoms with Gasteiger partial charge >= 0.3 is 24.5 Å². The average molecular weight is 1210 g/mol. The van der Waals surface area contributed by atoms with Crippen LogP contribution in [0.15, 0.2) is 91.4 Å². The number of nitrogens with zero attached hydrogens (tertiary/aromatic N) is 6. The molecule has 6 aromatic rings. The van der Waals surface area contributed by atoms with E-state index in [0.29, 0.717) is 67.5 Å². The summed E-state index contributed by atoms with van der Waals surface area (Å²) in [6.07, 6.45) is -6.94. The van der Waals surface area contributed by atoms with Crippen LogP contribution in [0, 0.1) is 17.8 Å². The number of hydrogen-bond donors (Lipinski definition) is 7. The molecule has 85 heavy (non-hydrogen) atoms. The van der Waals surface area contributed by atoms with E-state index in [1.54, 1.807) is 39.9 Å². The molecule has 3 aliphatic heterocycles. The van der Waals surface area contributed by atoms with E-state index in [1.165, 1.54) is 5.69 Å². The number of alkyl halides is 9. The minimum absolute atomic E-state index is 0.176. The Hall–Kier alpha value is -7.69. The molecular formula is C57H71F9N12O7. The number of pyridine rings is 3. The fraction of sp³-hybridized carbons (Fsp3) is 0.474. The fourth-order valence-electron chi connectivity index (χ4n) is 10.6. The molecule has 0 radical (unpaired) electrons. The first-order valence-electron chi connectivity index (χ1n) is 27.0. The maximum absolute atomic E-state index is 12.7. The van der Waals surface area contributed by atoms with Crippen LogP contribution in [-0.2, 0) is 14.4 Å². The molecule has 9 rings (SSSR count). The Bertz CT molecular complexity index is 3080. The highest BCUT2D eigenvalue weighted by Gasteiger charge is 2.45. The number of carboxylic acids is 1. The predicted molar refractivity (Wildman–Crippen MR) is 304 cm³/mol. The molecule has 3 fully saturated rings. The molecular weight excluding hydrogens is 1140 g/mol. The van der Waals surface area contributed by atoms with Crippen molar-refractivity contribution in [2.45, 2.75) is 94.8 Å². The number of hydrogen-bond acceptors (Lipinski definition) is 16. The largest absolute Gasteiger partial charge is 0.494 e. The maximum Gasteiger partial charge on any atom is 0.414 e. The molecule has 2 amide bonds. The number of benzene rings is 3. The summed E-state index contributed by atoms with van der Waals surface area (Å²) in [5.74, 6) is -1.39. The summed E-state index contributed by atoms with van der Waals surface area (Å²) in [7, 11) is 4.82. The number of aromatic nitrogens is 3. The van der Waals surface area contributed by atoms with Gasteiger partial charge in [0.25, 0.3) is 0 Å². The van der Waals surface area contributed by atoms with Crippen molar-refractivity contribution < 1.29 is 73.2 Å². The fourth-order valence-corrected chi connectivity index (χ4v) is 10.6. The molecule has 28 heteroatoms. The quantitative estimate of drug-likeness (QED) is 0.0627. The monoisotopic (exact) mass is 1210 g/mol. The van der Waals surface area contributed by atoms with E-state index in [-0.39, 0.29) is 17.9 Å². The third kappa shape index (κ3) is 17.2. The second kappa shape index (κ2) is 28.5. The van der Waals surface area contributed by atoms with Crippen molar-refractivity contribution in [3.8, 4) is 17.2 Å². The minimum atomic E-state index is -4.84. The lowest BCUT2D eigenvalue weighted by atomic mass is 9.94. The van der Waals surface area contributed by atoms with Gasteiger partial charge in [-0.15, -0.1) is 0 Å². The highest BCUT2D eigenvalue weighted by atomic mass is 19.4. The van der Waals surface area contributed by atoms with Crippen LogP contribution < -0.4 is 62.5 Å². The van der Waals surface area contributed by atoms with Crippen LogP contribution in [0.1, 0.15) is 40.0 Å². The molecule has 19 nitrogen and oxygen atoms in total. The van der Waals surface area contributed by atoms with Gasteiger partial charge in [0.15, 0.2) is 18.1 Å². The molecule has 11 N–H and O–H groups in total. The van der Waals surface area contributed by atoms with Gasteiger partial charge in [0.2, 0.25) is 11.8 Å². The number of piperidine rings is 3. The number of nitrogens with two attached hydrogens (primary N) is 4. The number of methoxy groups -OCH3 is 3. The van der Waals surface area contributed by atoms with Gasteiger partial charge in [-0.1, -0.05) is 20.8 Å². The number of aliphatic carboxylic acids is 1. The van der Waals surface area contributed by atoms with Crippen molar-refractivity contribution in [1.82, 2.24) is 25.6 Å². The van der Waals surface area contributed by atoms with Crippen molar-refractivity contribution in [1.29, 1.82) is 0 Å². The molecule has 6 heterocycles. The molecule has 3 unspecified atom stereocenters. The van der Waals surface area contributed by atoms with E-state index in [4.69, 9.17) is 36.5 Å². The van der Waals surface area contributed by atoms with E-state index in [9.17, 15) is 53.9 Å². The Morgan fingerprint density at radius 2 is 0.812 bits per heavy atom. The van der Waals surface area contributed by atoms with Crippen LogP contribution in [-0.4, -0.2) is 153 Å². The highest BCUT2D eigenvalue weighted by molar-refractivity contribution is 5.98. The first-order valence-corrected chi connectivity index (χ1v) is 27.0. The summed E-state index contributed by atoms with van der Waals surface area (Å²) in [5.41, 5.74) is 25.7. The van der Waals surface area contributed by atoms with Gasteiger partial charge < -0.3 is 67.6 Å². The van der Waals surface area contributed by atoms with Crippen molar-refractivity contribution in [3.63, 3.8) is 0 Å². The number of carbonyl (C=O) groups is 3. The van der Waals surface area contributed by atoms with E-state index < -0.39 is 66.5 Å². The number of ether oxygens (including phenoxy) is 3. The molecule has 3 aromatic heterocycles. The van der Waals surface area contributed by atoms with E-state index in [0.717, 1.165) is 58.3 Å². The summed E-state index contributed by atoms with van der Waals surface area (Å²) < 4.78 is 126. The van der Waals surface area contributed by atoms with Crippen molar-refractivity contribution >= 4 is 67.6 Å². The SMILES string of the molecule is COc1ccc(N2C[C@@H](C)C[C@@H](N)C2)c2cccnc12.COc1ccc(N2C[C@@H](C)C[C@@H](NC(=O)C(N)C(F)(F)F)C2)c2cccnc12.COc1ccc(N2C[C@@H](C)C[C@@H](NC(=O)C(N)C(F)(F)F)C2)c2cccnc12.NC(C(=O)O)C(F)(F)F. The molecule has 0 bridgehead atoms. The highest BCUT2D eigenvalue weighted by Crippen LogP contribution is 2.38. The number of anilines is 3. The standard InChI is InChI=1S/2C19H23F3N4O2.C16H21N3O.C3H4F3NO2/c2*1-11-8-12(25-18(27)17(23)19(20,21)22)10-26(9-11)14-5-6-15(28-2)16-13(14)4-3-7-24-16;1-11-8-12(17)10-19(9-11)14-5-6-15(20-2)16-13(14)4-3-7-18-16;4-3(5,6)1(7)2(8)9/h2*3-7,11-12,17H,8-10,23H2,1-2H3,(H,25,27);3-7,11-12H,8-10,17H2,1-2H3;1H,7H2,(H,8,9)/t2*11-,12+,17?;11-,12+;/m000./s1. The van der Waals surface area contributed by atoms with Crippen LogP contribution in [0.4, 0.5) is 56.6 Å². The number of nitrogens with one attached hydrogen (secondary N) is 2. The van der Waals surface area contributed by atoms with Crippen LogP contribution in [0.2, 0.25) is 0 Å².